The van der Waals surface area contributed by atoms with Crippen LogP contribution in [0.1, 0.15) is 6.92 Å². The fraction of sp³-hybridized carbons (Fsp3) is 0.455. The monoisotopic (exact) mass is 367 g/mol. The Bertz CT molecular complexity index is 401. The molecule has 0 aromatic heterocycles. The van der Waals surface area contributed by atoms with Crippen molar-refractivity contribution < 1.29 is 13.9 Å². The number of ether oxygens (including phenoxy) is 1. The highest BCUT2D eigenvalue weighted by Crippen LogP contribution is 2.13. The van der Waals surface area contributed by atoms with Gasteiger partial charge < -0.3 is 15.4 Å². The lowest BCUT2D eigenvalue weighted by Gasteiger charge is -2.29. The molecule has 1 aliphatic heterocycles. The van der Waals surface area contributed by atoms with Crippen molar-refractivity contribution in [3.63, 3.8) is 0 Å². The number of amidine groups is 1. The molecule has 0 saturated carbocycles. The molecule has 1 heterocycles. The summed E-state index contributed by atoms with van der Waals surface area (Å²) in [4.78, 5) is 16.9. The van der Waals surface area contributed by atoms with E-state index in [-0.39, 0.29) is 11.5 Å². The van der Waals surface area contributed by atoms with Crippen LogP contribution in [-0.2, 0) is 9.53 Å². The van der Waals surface area contributed by atoms with E-state index in [1.165, 1.54) is 10.2 Å². The SMILES string of the molecule is C/C=C(/N=C(\C(F)=C/I)N1CCOCC1)C(N)=O. The van der Waals surface area contributed by atoms with Crippen molar-refractivity contribution in [3.8, 4) is 0 Å². The standard InChI is InChI=1S/C11H15FIN3O2/c1-2-9(10(14)17)15-11(8(12)7-13)16-3-5-18-6-4-16/h2,7H,3-6H2,1H3,(H2,14,17)/b8-7+,9-2+,15-11+. The number of hydrogen-bond donors (Lipinski definition) is 1. The van der Waals surface area contributed by atoms with Crippen LogP contribution in [0.2, 0.25) is 0 Å². The summed E-state index contributed by atoms with van der Waals surface area (Å²) in [5.74, 6) is -1.04. The van der Waals surface area contributed by atoms with Gasteiger partial charge in [-0.25, -0.2) is 9.38 Å². The summed E-state index contributed by atoms with van der Waals surface area (Å²) >= 11 is 1.79. The number of carbonyl (C=O) groups excluding carboxylic acids is 1. The summed E-state index contributed by atoms with van der Waals surface area (Å²) < 4.78 is 20.3. The Morgan fingerprint density at radius 1 is 1.50 bits per heavy atom. The Hall–Kier alpha value is -0.960. The lowest BCUT2D eigenvalue weighted by Crippen LogP contribution is -2.41. The zero-order chi connectivity index (χ0) is 13.5. The minimum absolute atomic E-state index is 0.0462. The number of hydrogen-bond acceptors (Lipinski definition) is 3. The first-order valence-corrected chi connectivity index (χ1v) is 6.68. The number of nitrogens with two attached hydrogens (primary N) is 1. The summed E-state index contributed by atoms with van der Waals surface area (Å²) in [6.45, 7) is 3.72. The molecule has 1 saturated heterocycles. The average Bonchev–Trinajstić information content (AvgIpc) is 2.39. The quantitative estimate of drug-likeness (QED) is 0.355. The van der Waals surface area contributed by atoms with Gasteiger partial charge in [0.25, 0.3) is 5.91 Å². The van der Waals surface area contributed by atoms with Crippen LogP contribution in [0.25, 0.3) is 0 Å². The molecular formula is C11H15FIN3O2. The first-order valence-electron chi connectivity index (χ1n) is 5.44. The lowest BCUT2D eigenvalue weighted by molar-refractivity contribution is -0.114. The van der Waals surface area contributed by atoms with Crippen LogP contribution < -0.4 is 5.73 Å². The van der Waals surface area contributed by atoms with E-state index in [1.807, 2.05) is 0 Å². The summed E-state index contributed by atoms with van der Waals surface area (Å²) in [6, 6.07) is 0. The third kappa shape index (κ3) is 4.05. The molecule has 0 aromatic rings. The Morgan fingerprint density at radius 3 is 2.56 bits per heavy atom. The molecule has 0 atom stereocenters. The molecule has 0 unspecified atom stereocenters. The van der Waals surface area contributed by atoms with Crippen molar-refractivity contribution in [1.29, 1.82) is 0 Å². The third-order valence-electron chi connectivity index (χ3n) is 2.37. The van der Waals surface area contributed by atoms with Crippen molar-refractivity contribution >= 4 is 34.3 Å². The van der Waals surface area contributed by atoms with E-state index in [2.05, 4.69) is 4.99 Å². The van der Waals surface area contributed by atoms with E-state index < -0.39 is 11.7 Å². The molecule has 18 heavy (non-hydrogen) atoms. The number of morpholine rings is 1. The Balaban J connectivity index is 3.04. The van der Waals surface area contributed by atoms with E-state index >= 15 is 0 Å². The number of allylic oxidation sites excluding steroid dienone is 1. The second kappa shape index (κ2) is 7.47. The molecule has 0 aromatic carbocycles. The van der Waals surface area contributed by atoms with Crippen molar-refractivity contribution in [1.82, 2.24) is 4.90 Å². The van der Waals surface area contributed by atoms with Crippen LogP contribution in [0.4, 0.5) is 4.39 Å². The van der Waals surface area contributed by atoms with Crippen molar-refractivity contribution in [2.24, 2.45) is 10.7 Å². The summed E-state index contributed by atoms with van der Waals surface area (Å²) in [5.41, 5.74) is 5.21. The fourth-order valence-corrected chi connectivity index (χ4v) is 1.75. The fourth-order valence-electron chi connectivity index (χ4n) is 1.48. The van der Waals surface area contributed by atoms with Gasteiger partial charge >= 0.3 is 0 Å². The first-order chi connectivity index (χ1) is 8.60. The van der Waals surface area contributed by atoms with Gasteiger partial charge in [-0.3, -0.25) is 4.79 Å². The summed E-state index contributed by atoms with van der Waals surface area (Å²) in [6.07, 6.45) is 1.46. The minimum Gasteiger partial charge on any atom is -0.378 e. The largest absolute Gasteiger partial charge is 0.378 e. The van der Waals surface area contributed by atoms with Gasteiger partial charge in [0.2, 0.25) is 0 Å². The Kier molecular flexibility index (Phi) is 6.27. The Morgan fingerprint density at radius 2 is 2.11 bits per heavy atom. The van der Waals surface area contributed by atoms with E-state index in [0.717, 1.165) is 0 Å². The molecule has 1 rings (SSSR count). The normalized spacial score (nSPS) is 19.1. The van der Waals surface area contributed by atoms with E-state index in [4.69, 9.17) is 10.5 Å². The van der Waals surface area contributed by atoms with Gasteiger partial charge in [-0.1, -0.05) is 6.08 Å². The molecule has 2 N–H and O–H groups in total. The molecule has 1 amide bonds. The highest BCUT2D eigenvalue weighted by molar-refractivity contribution is 14.1. The average molecular weight is 367 g/mol. The number of primary amides is 1. The van der Waals surface area contributed by atoms with Crippen LogP contribution in [0.5, 0.6) is 0 Å². The molecule has 5 nitrogen and oxygen atoms in total. The number of nitrogens with zero attached hydrogens (tertiary/aromatic N) is 2. The molecule has 100 valence electrons. The topological polar surface area (TPSA) is 67.9 Å². The maximum absolute atomic E-state index is 13.8. The van der Waals surface area contributed by atoms with Crippen molar-refractivity contribution in [2.45, 2.75) is 6.92 Å². The van der Waals surface area contributed by atoms with Crippen LogP contribution in [-0.4, -0.2) is 42.9 Å². The van der Waals surface area contributed by atoms with Gasteiger partial charge in [0.05, 0.1) is 13.2 Å². The number of rotatable bonds is 3. The van der Waals surface area contributed by atoms with E-state index in [0.29, 0.717) is 26.3 Å². The number of halogens is 2. The molecule has 1 fully saturated rings. The van der Waals surface area contributed by atoms with Gasteiger partial charge in [-0.15, -0.1) is 0 Å². The second-order valence-corrected chi connectivity index (χ2v) is 4.15. The van der Waals surface area contributed by atoms with Crippen LogP contribution in [0, 0.1) is 0 Å². The van der Waals surface area contributed by atoms with Gasteiger partial charge in [0, 0.05) is 17.2 Å². The van der Waals surface area contributed by atoms with Crippen LogP contribution >= 0.6 is 22.6 Å². The highest BCUT2D eigenvalue weighted by Gasteiger charge is 2.20. The Labute approximate surface area is 119 Å². The summed E-state index contributed by atoms with van der Waals surface area (Å²) in [5, 5.41) is 0. The smallest absolute Gasteiger partial charge is 0.267 e. The number of amides is 1. The zero-order valence-electron chi connectivity index (χ0n) is 10.0. The van der Waals surface area contributed by atoms with Crippen LogP contribution in [0.15, 0.2) is 26.7 Å². The molecule has 7 heteroatoms. The predicted octanol–water partition coefficient (Wildman–Crippen LogP) is 1.35. The van der Waals surface area contributed by atoms with Gasteiger partial charge in [-0.2, -0.15) is 0 Å². The van der Waals surface area contributed by atoms with Gasteiger partial charge in [-0.05, 0) is 29.5 Å². The molecule has 0 radical (unpaired) electrons. The van der Waals surface area contributed by atoms with E-state index in [9.17, 15) is 9.18 Å². The molecular weight excluding hydrogens is 352 g/mol. The predicted molar refractivity (Wildman–Crippen MR) is 76.0 cm³/mol. The second-order valence-electron chi connectivity index (χ2n) is 3.53. The van der Waals surface area contributed by atoms with Gasteiger partial charge in [0.15, 0.2) is 11.7 Å². The van der Waals surface area contributed by atoms with E-state index in [1.54, 1.807) is 34.4 Å². The van der Waals surface area contributed by atoms with Crippen molar-refractivity contribution in [2.75, 3.05) is 26.3 Å². The number of aliphatic imine (C=N–C) groups is 1. The van der Waals surface area contributed by atoms with Crippen molar-refractivity contribution in [3.05, 3.63) is 21.7 Å². The molecule has 0 bridgehead atoms. The van der Waals surface area contributed by atoms with Gasteiger partial charge in [0.1, 0.15) is 5.70 Å². The third-order valence-corrected chi connectivity index (χ3v) is 2.92. The first kappa shape index (κ1) is 15.1. The zero-order valence-corrected chi connectivity index (χ0v) is 12.2. The number of carbonyl (C=O) groups is 1. The molecule has 0 spiro atoms. The maximum Gasteiger partial charge on any atom is 0.267 e. The molecule has 1 aliphatic rings. The minimum atomic E-state index is -0.676. The lowest BCUT2D eigenvalue weighted by atomic mass is 10.3. The highest BCUT2D eigenvalue weighted by atomic mass is 127. The summed E-state index contributed by atoms with van der Waals surface area (Å²) in [7, 11) is 0. The molecule has 0 aliphatic carbocycles. The van der Waals surface area contributed by atoms with Crippen LogP contribution in [0.3, 0.4) is 0 Å². The maximum atomic E-state index is 13.8.